The standard InChI is InChI=1S/C26H41NO4/c1-5-25(6-2)21-16-20(28)14-13-19(21)15-22(31-4)23(25)27-26(7-3,24(29)30)17-18-11-9-8-10-12-18/h13-14,16,18,22-23,27-28H,5-12,15,17H2,1-4H3,(H,29,30)/t22-,23+,26?/m0/s1. The summed E-state index contributed by atoms with van der Waals surface area (Å²) in [6.07, 6.45) is 9.42. The van der Waals surface area contributed by atoms with Crippen LogP contribution in [0.15, 0.2) is 18.2 Å². The van der Waals surface area contributed by atoms with Gasteiger partial charge in [-0.05, 0) is 54.9 Å². The van der Waals surface area contributed by atoms with E-state index in [0.29, 0.717) is 25.2 Å². The summed E-state index contributed by atoms with van der Waals surface area (Å²) in [4.78, 5) is 12.7. The van der Waals surface area contributed by atoms with Crippen molar-refractivity contribution in [2.45, 2.75) is 108 Å². The highest BCUT2D eigenvalue weighted by Crippen LogP contribution is 2.46. The average molecular weight is 432 g/mol. The number of carbonyl (C=O) groups is 1. The van der Waals surface area contributed by atoms with Gasteiger partial charge in [-0.15, -0.1) is 0 Å². The summed E-state index contributed by atoms with van der Waals surface area (Å²) in [5.41, 5.74) is 1.07. The number of phenolic OH excluding ortho intramolecular Hbond substituents is 1. The number of phenols is 1. The quantitative estimate of drug-likeness (QED) is 0.502. The molecule has 0 amide bonds. The molecule has 1 unspecified atom stereocenters. The van der Waals surface area contributed by atoms with Gasteiger partial charge < -0.3 is 14.9 Å². The molecule has 0 saturated heterocycles. The zero-order valence-electron chi connectivity index (χ0n) is 19.7. The van der Waals surface area contributed by atoms with E-state index < -0.39 is 11.5 Å². The summed E-state index contributed by atoms with van der Waals surface area (Å²) < 4.78 is 5.99. The molecule has 0 aliphatic heterocycles. The zero-order chi connectivity index (χ0) is 22.6. The molecule has 0 radical (unpaired) electrons. The minimum absolute atomic E-state index is 0.117. The van der Waals surface area contributed by atoms with Crippen molar-refractivity contribution in [1.82, 2.24) is 5.32 Å². The van der Waals surface area contributed by atoms with Gasteiger partial charge in [-0.1, -0.05) is 58.9 Å². The van der Waals surface area contributed by atoms with Crippen LogP contribution in [0.4, 0.5) is 0 Å². The van der Waals surface area contributed by atoms with Gasteiger partial charge in [0, 0.05) is 25.0 Å². The number of rotatable bonds is 9. The first-order chi connectivity index (χ1) is 14.9. The Morgan fingerprint density at radius 2 is 1.87 bits per heavy atom. The van der Waals surface area contributed by atoms with Crippen LogP contribution in [0.25, 0.3) is 0 Å². The molecule has 1 aromatic rings. The van der Waals surface area contributed by atoms with E-state index in [4.69, 9.17) is 4.74 Å². The Labute approximate surface area is 187 Å². The normalized spacial score (nSPS) is 25.5. The first kappa shape index (κ1) is 24.1. The van der Waals surface area contributed by atoms with Gasteiger partial charge >= 0.3 is 5.97 Å². The maximum absolute atomic E-state index is 12.7. The van der Waals surface area contributed by atoms with E-state index in [1.165, 1.54) is 24.8 Å². The van der Waals surface area contributed by atoms with Gasteiger partial charge in [0.15, 0.2) is 0 Å². The van der Waals surface area contributed by atoms with Gasteiger partial charge in [-0.25, -0.2) is 0 Å². The van der Waals surface area contributed by atoms with Crippen molar-refractivity contribution in [2.75, 3.05) is 7.11 Å². The molecular formula is C26H41NO4. The number of fused-ring (bicyclic) bond motifs is 1. The SMILES string of the molecule is CCC(CC1CCCCC1)(N[C@@H]1[C@@H](OC)Cc2ccc(O)cc2C1(CC)CC)C(=O)O. The Balaban J connectivity index is 2.04. The van der Waals surface area contributed by atoms with E-state index in [-0.39, 0.29) is 23.3 Å². The van der Waals surface area contributed by atoms with E-state index in [1.807, 2.05) is 19.1 Å². The molecule has 0 heterocycles. The lowest BCUT2D eigenvalue weighted by molar-refractivity contribution is -0.148. The second-order valence-electron chi connectivity index (χ2n) is 9.75. The molecule has 1 saturated carbocycles. The van der Waals surface area contributed by atoms with Gasteiger partial charge in [0.05, 0.1) is 6.10 Å². The molecule has 174 valence electrons. The molecule has 2 aliphatic carbocycles. The van der Waals surface area contributed by atoms with Crippen LogP contribution in [-0.2, 0) is 21.4 Å². The summed E-state index contributed by atoms with van der Waals surface area (Å²) in [5.74, 6) is -0.0315. The molecular weight excluding hydrogens is 390 g/mol. The molecule has 3 N–H and O–H groups in total. The molecule has 0 spiro atoms. The molecule has 0 bridgehead atoms. The van der Waals surface area contributed by atoms with E-state index in [1.54, 1.807) is 13.2 Å². The topological polar surface area (TPSA) is 78.8 Å². The smallest absolute Gasteiger partial charge is 0.323 e. The van der Waals surface area contributed by atoms with E-state index in [9.17, 15) is 15.0 Å². The van der Waals surface area contributed by atoms with Gasteiger partial charge in [-0.2, -0.15) is 0 Å². The molecule has 1 fully saturated rings. The summed E-state index contributed by atoms with van der Waals surface area (Å²) in [5, 5.41) is 24.4. The number of aliphatic carboxylic acids is 1. The zero-order valence-corrected chi connectivity index (χ0v) is 19.7. The number of carboxylic acid groups (broad SMARTS) is 1. The lowest BCUT2D eigenvalue weighted by Crippen LogP contribution is -2.67. The minimum Gasteiger partial charge on any atom is -0.508 e. The third-order valence-electron chi connectivity index (χ3n) is 8.39. The number of hydrogen-bond acceptors (Lipinski definition) is 4. The fraction of sp³-hybridized carbons (Fsp3) is 0.731. The van der Waals surface area contributed by atoms with Gasteiger partial charge in [0.2, 0.25) is 0 Å². The van der Waals surface area contributed by atoms with E-state index >= 15 is 0 Å². The number of ether oxygens (including phenoxy) is 1. The van der Waals surface area contributed by atoms with Gasteiger partial charge in [0.1, 0.15) is 11.3 Å². The Hall–Kier alpha value is -1.59. The second kappa shape index (κ2) is 9.91. The molecule has 3 atom stereocenters. The lowest BCUT2D eigenvalue weighted by Gasteiger charge is -2.52. The van der Waals surface area contributed by atoms with Crippen LogP contribution in [0.5, 0.6) is 5.75 Å². The van der Waals surface area contributed by atoms with E-state index in [0.717, 1.165) is 31.2 Å². The highest BCUT2D eigenvalue weighted by Gasteiger charge is 2.51. The Bertz CT molecular complexity index is 754. The van der Waals surface area contributed by atoms with Gasteiger partial charge in [-0.3, -0.25) is 10.1 Å². The molecule has 31 heavy (non-hydrogen) atoms. The summed E-state index contributed by atoms with van der Waals surface area (Å²) in [6, 6.07) is 5.49. The van der Waals surface area contributed by atoms with Crippen molar-refractivity contribution in [3.05, 3.63) is 29.3 Å². The van der Waals surface area contributed by atoms with Crippen molar-refractivity contribution < 1.29 is 19.7 Å². The number of methoxy groups -OCH3 is 1. The number of benzene rings is 1. The van der Waals surface area contributed by atoms with Crippen molar-refractivity contribution in [1.29, 1.82) is 0 Å². The van der Waals surface area contributed by atoms with Gasteiger partial charge in [0.25, 0.3) is 0 Å². The van der Waals surface area contributed by atoms with Crippen LogP contribution in [0.3, 0.4) is 0 Å². The van der Waals surface area contributed by atoms with Crippen molar-refractivity contribution in [3.8, 4) is 5.75 Å². The van der Waals surface area contributed by atoms with E-state index in [2.05, 4.69) is 19.2 Å². The Morgan fingerprint density at radius 3 is 2.42 bits per heavy atom. The number of nitrogens with one attached hydrogen (secondary N) is 1. The monoisotopic (exact) mass is 431 g/mol. The van der Waals surface area contributed by atoms with Crippen LogP contribution in [0.2, 0.25) is 0 Å². The highest BCUT2D eigenvalue weighted by molar-refractivity contribution is 5.79. The number of hydrogen-bond donors (Lipinski definition) is 3. The lowest BCUT2D eigenvalue weighted by atomic mass is 9.61. The Kier molecular flexibility index (Phi) is 7.69. The average Bonchev–Trinajstić information content (AvgIpc) is 2.79. The third-order valence-corrected chi connectivity index (χ3v) is 8.39. The van der Waals surface area contributed by atoms with Crippen LogP contribution < -0.4 is 5.32 Å². The molecule has 1 aromatic carbocycles. The maximum Gasteiger partial charge on any atom is 0.323 e. The van der Waals surface area contributed by atoms with Crippen molar-refractivity contribution in [2.24, 2.45) is 5.92 Å². The van der Waals surface area contributed by atoms with Crippen LogP contribution in [-0.4, -0.2) is 41.0 Å². The van der Waals surface area contributed by atoms with Crippen molar-refractivity contribution >= 4 is 5.97 Å². The minimum atomic E-state index is -0.965. The predicted octanol–water partition coefficient (Wildman–Crippen LogP) is 5.18. The molecule has 0 aromatic heterocycles. The van der Waals surface area contributed by atoms with Crippen LogP contribution in [0.1, 0.15) is 89.7 Å². The maximum atomic E-state index is 12.7. The predicted molar refractivity (Wildman–Crippen MR) is 124 cm³/mol. The number of carboxylic acids is 1. The van der Waals surface area contributed by atoms with Crippen LogP contribution >= 0.6 is 0 Å². The van der Waals surface area contributed by atoms with Crippen molar-refractivity contribution in [3.63, 3.8) is 0 Å². The Morgan fingerprint density at radius 1 is 1.19 bits per heavy atom. The second-order valence-corrected chi connectivity index (χ2v) is 9.75. The summed E-state index contributed by atoms with van der Waals surface area (Å²) >= 11 is 0. The molecule has 3 rings (SSSR count). The fourth-order valence-corrected chi connectivity index (χ4v) is 6.37. The molecule has 5 heteroatoms. The first-order valence-electron chi connectivity index (χ1n) is 12.2. The molecule has 5 nitrogen and oxygen atoms in total. The fourth-order valence-electron chi connectivity index (χ4n) is 6.37. The first-order valence-corrected chi connectivity index (χ1v) is 12.2. The summed E-state index contributed by atoms with van der Waals surface area (Å²) in [7, 11) is 1.73. The van der Waals surface area contributed by atoms with Crippen LogP contribution in [0, 0.1) is 5.92 Å². The number of aromatic hydroxyl groups is 1. The third kappa shape index (κ3) is 4.49. The largest absolute Gasteiger partial charge is 0.508 e. The molecule has 2 aliphatic rings. The highest BCUT2D eigenvalue weighted by atomic mass is 16.5. The summed E-state index contributed by atoms with van der Waals surface area (Å²) in [6.45, 7) is 6.33.